The number of hydrogen-bond donors (Lipinski definition) is 2. The Morgan fingerprint density at radius 1 is 1.12 bits per heavy atom. The van der Waals surface area contributed by atoms with Gasteiger partial charge in [0.1, 0.15) is 24.3 Å². The van der Waals surface area contributed by atoms with Crippen LogP contribution in [0.2, 0.25) is 0 Å². The fraction of sp³-hybridized carbons (Fsp3) is 0.333. The van der Waals surface area contributed by atoms with Crippen LogP contribution in [0.1, 0.15) is 24.3 Å². The zero-order valence-corrected chi connectivity index (χ0v) is 17.5. The Balaban J connectivity index is 1.38. The number of carbonyl (C=O) groups is 2. The Morgan fingerprint density at radius 2 is 1.91 bits per heavy atom. The molecule has 0 amide bonds. The Labute approximate surface area is 184 Å². The van der Waals surface area contributed by atoms with E-state index in [2.05, 4.69) is 9.88 Å². The number of carbonyl (C=O) groups excluding carboxylic acids is 1. The van der Waals surface area contributed by atoms with Crippen molar-refractivity contribution in [2.45, 2.75) is 24.9 Å². The van der Waals surface area contributed by atoms with Crippen molar-refractivity contribution in [3.63, 3.8) is 0 Å². The number of halogens is 1. The predicted octanol–water partition coefficient (Wildman–Crippen LogP) is 3.56. The van der Waals surface area contributed by atoms with Gasteiger partial charge in [0.15, 0.2) is 0 Å². The highest BCUT2D eigenvalue weighted by atomic mass is 19.1. The number of nitrogens with one attached hydrogen (secondary N) is 1. The summed E-state index contributed by atoms with van der Waals surface area (Å²) in [5.41, 5.74) is 1.64. The molecule has 1 fully saturated rings. The van der Waals surface area contributed by atoms with Gasteiger partial charge in [-0.1, -0.05) is 24.3 Å². The molecule has 2 aromatic carbocycles. The number of hydrogen-bond acceptors (Lipinski definition) is 5. The molecule has 1 saturated heterocycles. The van der Waals surface area contributed by atoms with Crippen molar-refractivity contribution in [1.82, 2.24) is 9.88 Å². The van der Waals surface area contributed by atoms with E-state index in [-0.39, 0.29) is 18.3 Å². The number of esters is 1. The average molecular weight is 440 g/mol. The van der Waals surface area contributed by atoms with Gasteiger partial charge in [0.2, 0.25) is 0 Å². The number of H-pyrrole nitrogens is 1. The Kier molecular flexibility index (Phi) is 6.70. The summed E-state index contributed by atoms with van der Waals surface area (Å²) in [6.07, 6.45) is 2.59. The SMILES string of the molecule is O=C(O)C(=O)O[C@H](COc1cccc2[nH]ccc12)CN1CCC(c2ccccc2F)CC1. The molecule has 0 aliphatic carbocycles. The minimum atomic E-state index is -1.64. The lowest BCUT2D eigenvalue weighted by Crippen LogP contribution is -2.43. The third-order valence-electron chi connectivity index (χ3n) is 5.82. The summed E-state index contributed by atoms with van der Waals surface area (Å²) in [4.78, 5) is 27.9. The average Bonchev–Trinajstić information content (AvgIpc) is 3.28. The highest BCUT2D eigenvalue weighted by Gasteiger charge is 2.27. The normalized spacial score (nSPS) is 16.0. The molecule has 4 rings (SSSR count). The fourth-order valence-corrected chi connectivity index (χ4v) is 4.21. The van der Waals surface area contributed by atoms with Gasteiger partial charge in [-0.15, -0.1) is 0 Å². The number of piperidine rings is 1. The number of aromatic amines is 1. The number of aromatic nitrogens is 1. The standard InChI is InChI=1S/C24H25FN2O5/c25-20-5-2-1-4-18(20)16-9-12-27(13-10-16)14-17(32-24(30)23(28)29)15-31-22-7-3-6-21-19(22)8-11-26-21/h1-8,11,16-17,26H,9-10,12-15H2,(H,28,29)/t17-/m0/s1. The fourth-order valence-electron chi connectivity index (χ4n) is 4.21. The Hall–Kier alpha value is -3.39. The molecular formula is C24H25FN2O5. The van der Waals surface area contributed by atoms with Crippen LogP contribution in [-0.2, 0) is 14.3 Å². The number of carboxylic acids is 1. The second-order valence-electron chi connectivity index (χ2n) is 7.93. The summed E-state index contributed by atoms with van der Waals surface area (Å²) < 4.78 is 25.2. The van der Waals surface area contributed by atoms with E-state index in [1.54, 1.807) is 12.3 Å². The molecule has 168 valence electrons. The molecule has 0 saturated carbocycles. The summed E-state index contributed by atoms with van der Waals surface area (Å²) >= 11 is 0. The molecule has 1 aromatic heterocycles. The number of carboxylic acid groups (broad SMARTS) is 1. The van der Waals surface area contributed by atoms with Crippen LogP contribution in [0.4, 0.5) is 4.39 Å². The van der Waals surface area contributed by atoms with Crippen molar-refractivity contribution in [3.8, 4) is 5.75 Å². The molecule has 0 radical (unpaired) electrons. The van der Waals surface area contributed by atoms with Crippen LogP contribution < -0.4 is 4.74 Å². The second-order valence-corrected chi connectivity index (χ2v) is 7.93. The third-order valence-corrected chi connectivity index (χ3v) is 5.82. The van der Waals surface area contributed by atoms with Crippen molar-refractivity contribution < 1.29 is 28.6 Å². The minimum Gasteiger partial charge on any atom is -0.489 e. The largest absolute Gasteiger partial charge is 0.489 e. The summed E-state index contributed by atoms with van der Waals surface area (Å²) in [5.74, 6) is -2.37. The highest BCUT2D eigenvalue weighted by Crippen LogP contribution is 2.30. The van der Waals surface area contributed by atoms with E-state index in [9.17, 15) is 14.0 Å². The van der Waals surface area contributed by atoms with Gasteiger partial charge in [-0.25, -0.2) is 14.0 Å². The van der Waals surface area contributed by atoms with Crippen LogP contribution >= 0.6 is 0 Å². The van der Waals surface area contributed by atoms with E-state index >= 15 is 0 Å². The first-order valence-corrected chi connectivity index (χ1v) is 10.6. The minimum absolute atomic E-state index is 0.0244. The van der Waals surface area contributed by atoms with E-state index in [1.807, 2.05) is 36.4 Å². The van der Waals surface area contributed by atoms with Gasteiger partial charge in [-0.3, -0.25) is 4.90 Å². The first-order chi connectivity index (χ1) is 15.5. The molecule has 2 N–H and O–H groups in total. The van der Waals surface area contributed by atoms with Gasteiger partial charge in [0.05, 0.1) is 0 Å². The molecule has 1 atom stereocenters. The van der Waals surface area contributed by atoms with Gasteiger partial charge < -0.3 is 19.6 Å². The number of rotatable bonds is 7. The van der Waals surface area contributed by atoms with Gasteiger partial charge >= 0.3 is 11.9 Å². The molecule has 2 heterocycles. The van der Waals surface area contributed by atoms with Gasteiger partial charge in [0, 0.05) is 23.6 Å². The summed E-state index contributed by atoms with van der Waals surface area (Å²) in [5, 5.41) is 9.84. The Bertz CT molecular complexity index is 1090. The first kappa shape index (κ1) is 21.8. The predicted molar refractivity (Wildman–Crippen MR) is 116 cm³/mol. The van der Waals surface area contributed by atoms with E-state index in [1.165, 1.54) is 6.07 Å². The maximum atomic E-state index is 14.1. The smallest absolute Gasteiger partial charge is 0.417 e. The van der Waals surface area contributed by atoms with E-state index < -0.39 is 18.0 Å². The van der Waals surface area contributed by atoms with Gasteiger partial charge in [-0.2, -0.15) is 0 Å². The van der Waals surface area contributed by atoms with Crippen LogP contribution in [0.5, 0.6) is 5.75 Å². The summed E-state index contributed by atoms with van der Waals surface area (Å²) in [7, 11) is 0. The molecular weight excluding hydrogens is 415 g/mol. The topological polar surface area (TPSA) is 91.9 Å². The van der Waals surface area contributed by atoms with Crippen LogP contribution in [0.25, 0.3) is 10.9 Å². The lowest BCUT2D eigenvalue weighted by Gasteiger charge is -2.34. The zero-order chi connectivity index (χ0) is 22.5. The molecule has 0 bridgehead atoms. The number of likely N-dealkylation sites (tertiary alicyclic amines) is 1. The summed E-state index contributed by atoms with van der Waals surface area (Å²) in [6.45, 7) is 1.74. The maximum absolute atomic E-state index is 14.1. The number of aliphatic carboxylic acids is 1. The molecule has 8 heteroatoms. The van der Waals surface area contributed by atoms with Crippen LogP contribution in [-0.4, -0.2) is 59.3 Å². The van der Waals surface area contributed by atoms with Crippen LogP contribution in [0.3, 0.4) is 0 Å². The molecule has 0 spiro atoms. The van der Waals surface area contributed by atoms with Crippen molar-refractivity contribution in [1.29, 1.82) is 0 Å². The van der Waals surface area contributed by atoms with Crippen LogP contribution in [0, 0.1) is 5.82 Å². The third kappa shape index (κ3) is 5.08. The molecule has 1 aliphatic rings. The van der Waals surface area contributed by atoms with Gasteiger partial charge in [-0.05, 0) is 61.7 Å². The maximum Gasteiger partial charge on any atom is 0.417 e. The molecule has 0 unspecified atom stereocenters. The number of nitrogens with zero attached hydrogens (tertiary/aromatic N) is 1. The number of ether oxygens (including phenoxy) is 2. The molecule has 1 aliphatic heterocycles. The number of fused-ring (bicyclic) bond motifs is 1. The first-order valence-electron chi connectivity index (χ1n) is 10.6. The molecule has 32 heavy (non-hydrogen) atoms. The second kappa shape index (κ2) is 9.82. The van der Waals surface area contributed by atoms with E-state index in [4.69, 9.17) is 14.6 Å². The lowest BCUT2D eigenvalue weighted by molar-refractivity contribution is -0.169. The van der Waals surface area contributed by atoms with Crippen LogP contribution in [0.15, 0.2) is 54.7 Å². The Morgan fingerprint density at radius 3 is 2.66 bits per heavy atom. The molecule has 3 aromatic rings. The zero-order valence-electron chi connectivity index (χ0n) is 17.5. The van der Waals surface area contributed by atoms with E-state index in [0.29, 0.717) is 25.4 Å². The summed E-state index contributed by atoms with van der Waals surface area (Å²) in [6, 6.07) is 14.3. The highest BCUT2D eigenvalue weighted by molar-refractivity contribution is 6.28. The monoisotopic (exact) mass is 440 g/mol. The van der Waals surface area contributed by atoms with Gasteiger partial charge in [0.25, 0.3) is 0 Å². The van der Waals surface area contributed by atoms with Crippen molar-refractivity contribution in [2.24, 2.45) is 0 Å². The quantitative estimate of drug-likeness (QED) is 0.431. The van der Waals surface area contributed by atoms with E-state index in [0.717, 1.165) is 29.3 Å². The van der Waals surface area contributed by atoms with Crippen molar-refractivity contribution >= 4 is 22.8 Å². The van der Waals surface area contributed by atoms with Crippen molar-refractivity contribution in [2.75, 3.05) is 26.2 Å². The number of benzene rings is 2. The lowest BCUT2D eigenvalue weighted by atomic mass is 9.89. The van der Waals surface area contributed by atoms with Crippen molar-refractivity contribution in [3.05, 3.63) is 66.1 Å². The molecule has 7 nitrogen and oxygen atoms in total.